The highest BCUT2D eigenvalue weighted by atomic mass is 15.1. The van der Waals surface area contributed by atoms with Crippen LogP contribution in [0.4, 0.5) is 0 Å². The molecule has 3 heteroatoms. The largest absolute Gasteiger partial charge is 0.335 e. The van der Waals surface area contributed by atoms with Crippen LogP contribution in [0.2, 0.25) is 0 Å². The summed E-state index contributed by atoms with van der Waals surface area (Å²) in [7, 11) is 2.08. The second-order valence-electron chi connectivity index (χ2n) is 6.00. The predicted octanol–water partition coefficient (Wildman–Crippen LogP) is 3.11. The van der Waals surface area contributed by atoms with E-state index in [0.717, 1.165) is 37.3 Å². The normalized spacial score (nSPS) is 27.6. The maximum atomic E-state index is 4.57. The lowest BCUT2D eigenvalue weighted by Crippen LogP contribution is -2.33. The maximum Gasteiger partial charge on any atom is 0.108 e. The first kappa shape index (κ1) is 14.6. The molecule has 0 amide bonds. The number of nitrogens with one attached hydrogen (secondary N) is 1. The van der Waals surface area contributed by atoms with E-state index in [1.165, 1.54) is 31.5 Å². The minimum atomic E-state index is 0.804. The zero-order chi connectivity index (χ0) is 13.7. The number of imidazole rings is 1. The summed E-state index contributed by atoms with van der Waals surface area (Å²) in [6.07, 6.45) is 10.8. The van der Waals surface area contributed by atoms with Gasteiger partial charge in [-0.25, -0.2) is 4.98 Å². The Labute approximate surface area is 117 Å². The first-order valence-corrected chi connectivity index (χ1v) is 7.93. The van der Waals surface area contributed by atoms with Crippen molar-refractivity contribution < 1.29 is 0 Å². The standard InChI is InChI=1S/C16H29N3/c1-4-13-6-7-14(12-17-3)15(10-13)11-16-18-8-9-19(16)5-2/h8-9,13-15,17H,4-7,10-12H2,1-3H3. The summed E-state index contributed by atoms with van der Waals surface area (Å²) in [4.78, 5) is 4.57. The van der Waals surface area contributed by atoms with Gasteiger partial charge in [-0.05, 0) is 51.1 Å². The van der Waals surface area contributed by atoms with Gasteiger partial charge in [-0.2, -0.15) is 0 Å². The lowest BCUT2D eigenvalue weighted by molar-refractivity contribution is 0.170. The van der Waals surface area contributed by atoms with Gasteiger partial charge in [-0.15, -0.1) is 0 Å². The summed E-state index contributed by atoms with van der Waals surface area (Å²) in [6, 6.07) is 0. The molecule has 0 aromatic carbocycles. The van der Waals surface area contributed by atoms with Gasteiger partial charge in [0.1, 0.15) is 5.82 Å². The lowest BCUT2D eigenvalue weighted by Gasteiger charge is -2.36. The molecule has 0 saturated heterocycles. The van der Waals surface area contributed by atoms with Crippen molar-refractivity contribution >= 4 is 0 Å². The van der Waals surface area contributed by atoms with E-state index in [1.807, 2.05) is 6.20 Å². The highest BCUT2D eigenvalue weighted by Gasteiger charge is 2.30. The molecule has 2 rings (SSSR count). The molecule has 0 spiro atoms. The molecule has 19 heavy (non-hydrogen) atoms. The van der Waals surface area contributed by atoms with Gasteiger partial charge in [0.25, 0.3) is 0 Å². The molecular formula is C16H29N3. The van der Waals surface area contributed by atoms with Crippen LogP contribution in [0.1, 0.15) is 45.4 Å². The molecule has 0 aliphatic heterocycles. The van der Waals surface area contributed by atoms with Gasteiger partial charge in [-0.1, -0.05) is 19.8 Å². The highest BCUT2D eigenvalue weighted by Crippen LogP contribution is 2.36. The summed E-state index contributed by atoms with van der Waals surface area (Å²) >= 11 is 0. The van der Waals surface area contributed by atoms with Crippen molar-refractivity contribution in [3.63, 3.8) is 0 Å². The Morgan fingerprint density at radius 2 is 2.16 bits per heavy atom. The van der Waals surface area contributed by atoms with Gasteiger partial charge >= 0.3 is 0 Å². The number of nitrogens with zero attached hydrogens (tertiary/aromatic N) is 2. The Bertz CT molecular complexity index is 372. The van der Waals surface area contributed by atoms with Crippen molar-refractivity contribution in [3.8, 4) is 0 Å². The van der Waals surface area contributed by atoms with E-state index in [0.29, 0.717) is 0 Å². The summed E-state index contributed by atoms with van der Waals surface area (Å²) in [5.74, 6) is 3.85. The second-order valence-corrected chi connectivity index (χ2v) is 6.00. The summed E-state index contributed by atoms with van der Waals surface area (Å²) in [6.45, 7) is 6.74. The number of hydrogen-bond acceptors (Lipinski definition) is 2. The molecular weight excluding hydrogens is 234 g/mol. The van der Waals surface area contributed by atoms with Crippen molar-refractivity contribution in [3.05, 3.63) is 18.2 Å². The zero-order valence-electron chi connectivity index (χ0n) is 12.7. The monoisotopic (exact) mass is 263 g/mol. The third-order valence-electron chi connectivity index (χ3n) is 4.88. The molecule has 1 aliphatic carbocycles. The smallest absolute Gasteiger partial charge is 0.108 e. The van der Waals surface area contributed by atoms with Crippen LogP contribution in [0.25, 0.3) is 0 Å². The highest BCUT2D eigenvalue weighted by molar-refractivity contribution is 4.96. The third kappa shape index (κ3) is 3.59. The average molecular weight is 263 g/mol. The predicted molar refractivity (Wildman–Crippen MR) is 80.1 cm³/mol. The first-order chi connectivity index (χ1) is 9.28. The number of rotatable bonds is 6. The molecule has 1 aliphatic rings. The Balaban J connectivity index is 2.04. The van der Waals surface area contributed by atoms with Gasteiger partial charge < -0.3 is 9.88 Å². The molecule has 1 saturated carbocycles. The van der Waals surface area contributed by atoms with E-state index in [-0.39, 0.29) is 0 Å². The molecule has 0 bridgehead atoms. The molecule has 0 radical (unpaired) electrons. The van der Waals surface area contributed by atoms with Crippen molar-refractivity contribution in [2.24, 2.45) is 17.8 Å². The topological polar surface area (TPSA) is 29.9 Å². The summed E-state index contributed by atoms with van der Waals surface area (Å²) in [5, 5.41) is 3.38. The minimum Gasteiger partial charge on any atom is -0.335 e. The Morgan fingerprint density at radius 1 is 1.32 bits per heavy atom. The third-order valence-corrected chi connectivity index (χ3v) is 4.88. The molecule has 3 atom stereocenters. The van der Waals surface area contributed by atoms with Crippen LogP contribution in [0, 0.1) is 17.8 Å². The van der Waals surface area contributed by atoms with E-state index in [4.69, 9.17) is 0 Å². The maximum absolute atomic E-state index is 4.57. The van der Waals surface area contributed by atoms with Gasteiger partial charge in [-0.3, -0.25) is 0 Å². The molecule has 1 heterocycles. The fraction of sp³-hybridized carbons (Fsp3) is 0.812. The van der Waals surface area contributed by atoms with Crippen LogP contribution < -0.4 is 5.32 Å². The average Bonchev–Trinajstić information content (AvgIpc) is 2.88. The first-order valence-electron chi connectivity index (χ1n) is 7.93. The van der Waals surface area contributed by atoms with Crippen LogP contribution in [0.3, 0.4) is 0 Å². The van der Waals surface area contributed by atoms with Crippen molar-refractivity contribution in [2.45, 2.75) is 52.5 Å². The molecule has 1 aromatic rings. The van der Waals surface area contributed by atoms with Gasteiger partial charge in [0.15, 0.2) is 0 Å². The quantitative estimate of drug-likeness (QED) is 0.854. The number of aromatic nitrogens is 2. The SMILES string of the molecule is CCC1CCC(CNC)C(Cc2nccn2CC)C1. The fourth-order valence-electron chi connectivity index (χ4n) is 3.63. The Morgan fingerprint density at radius 3 is 2.84 bits per heavy atom. The van der Waals surface area contributed by atoms with Gasteiger partial charge in [0, 0.05) is 25.4 Å². The molecule has 3 unspecified atom stereocenters. The Hall–Kier alpha value is -0.830. The second kappa shape index (κ2) is 7.09. The lowest BCUT2D eigenvalue weighted by atomic mass is 9.71. The van der Waals surface area contributed by atoms with E-state index in [9.17, 15) is 0 Å². The Kier molecular flexibility index (Phi) is 5.44. The molecule has 3 nitrogen and oxygen atoms in total. The molecule has 108 valence electrons. The van der Waals surface area contributed by atoms with Crippen LogP contribution in [-0.2, 0) is 13.0 Å². The molecule has 1 fully saturated rings. The summed E-state index contributed by atoms with van der Waals surface area (Å²) < 4.78 is 2.30. The van der Waals surface area contributed by atoms with Crippen LogP contribution >= 0.6 is 0 Å². The van der Waals surface area contributed by atoms with E-state index in [1.54, 1.807) is 0 Å². The van der Waals surface area contributed by atoms with E-state index >= 15 is 0 Å². The fourth-order valence-corrected chi connectivity index (χ4v) is 3.63. The van der Waals surface area contributed by atoms with Crippen molar-refractivity contribution in [1.82, 2.24) is 14.9 Å². The molecule has 1 N–H and O–H groups in total. The number of aryl methyl sites for hydroxylation is 1. The van der Waals surface area contributed by atoms with Gasteiger partial charge in [0.05, 0.1) is 0 Å². The van der Waals surface area contributed by atoms with E-state index < -0.39 is 0 Å². The van der Waals surface area contributed by atoms with Gasteiger partial charge in [0.2, 0.25) is 0 Å². The molecule has 1 aromatic heterocycles. The van der Waals surface area contributed by atoms with Crippen molar-refractivity contribution in [2.75, 3.05) is 13.6 Å². The number of hydrogen-bond donors (Lipinski definition) is 1. The van der Waals surface area contributed by atoms with Crippen molar-refractivity contribution in [1.29, 1.82) is 0 Å². The summed E-state index contributed by atoms with van der Waals surface area (Å²) in [5.41, 5.74) is 0. The minimum absolute atomic E-state index is 0.804. The van der Waals surface area contributed by atoms with Crippen LogP contribution in [-0.4, -0.2) is 23.1 Å². The van der Waals surface area contributed by atoms with Crippen LogP contribution in [0.15, 0.2) is 12.4 Å². The van der Waals surface area contributed by atoms with Crippen LogP contribution in [0.5, 0.6) is 0 Å². The zero-order valence-corrected chi connectivity index (χ0v) is 12.7. The van der Waals surface area contributed by atoms with E-state index in [2.05, 4.69) is 42.0 Å².